The van der Waals surface area contributed by atoms with Crippen molar-refractivity contribution in [1.82, 2.24) is 0 Å². The van der Waals surface area contributed by atoms with E-state index in [1.54, 1.807) is 7.28 Å². The lowest BCUT2D eigenvalue weighted by Crippen LogP contribution is -2.38. The maximum atomic E-state index is 12.9. The van der Waals surface area contributed by atoms with E-state index in [0.29, 0.717) is 12.2 Å². The minimum absolute atomic E-state index is 0.178. The molecule has 0 heterocycles. The van der Waals surface area contributed by atoms with E-state index in [-0.39, 0.29) is 12.8 Å². The molecule has 2 aliphatic carbocycles. The highest BCUT2D eigenvalue weighted by molar-refractivity contribution is 6.37. The quantitative estimate of drug-likeness (QED) is 0.439. The van der Waals surface area contributed by atoms with Crippen molar-refractivity contribution in [3.05, 3.63) is 0 Å². The normalized spacial score (nSPS) is 32.2. The summed E-state index contributed by atoms with van der Waals surface area (Å²) in [5.74, 6) is -3.75. The van der Waals surface area contributed by atoms with Crippen LogP contribution in [0.3, 0.4) is 0 Å². The third-order valence-electron chi connectivity index (χ3n) is 5.20. The molecular formula is C15H22BF6-. The molecule has 128 valence electrons. The van der Waals surface area contributed by atoms with Gasteiger partial charge in [-0.3, -0.25) is 0 Å². The molecule has 0 N–H and O–H groups in total. The number of hydrogen-bond donors (Lipinski definition) is 0. The van der Waals surface area contributed by atoms with Crippen LogP contribution in [0.25, 0.3) is 0 Å². The fraction of sp³-hybridized carbons (Fsp3) is 1.00. The van der Waals surface area contributed by atoms with E-state index in [1.807, 2.05) is 0 Å². The summed E-state index contributed by atoms with van der Waals surface area (Å²) in [7, 11) is 1.76. The van der Waals surface area contributed by atoms with Crippen molar-refractivity contribution in [2.45, 2.75) is 75.9 Å². The Bertz CT molecular complexity index is 323. The first-order valence-electron chi connectivity index (χ1n) is 8.13. The van der Waals surface area contributed by atoms with Gasteiger partial charge in [-0.25, -0.2) is 12.1 Å². The van der Waals surface area contributed by atoms with Gasteiger partial charge in [0.05, 0.1) is 11.8 Å². The Morgan fingerprint density at radius 2 is 1.23 bits per heavy atom. The molecule has 2 aliphatic rings. The zero-order chi connectivity index (χ0) is 16.4. The van der Waals surface area contributed by atoms with E-state index in [4.69, 9.17) is 0 Å². The molecule has 22 heavy (non-hydrogen) atoms. The lowest BCUT2D eigenvalue weighted by Gasteiger charge is -2.43. The summed E-state index contributed by atoms with van der Waals surface area (Å²) in [6.07, 6.45) is -4.01. The SMILES string of the molecule is FC(F)(F)C1CC([B-]CC2CCCCC2)CC(C(F)(F)F)C1. The molecule has 2 fully saturated rings. The molecule has 2 unspecified atom stereocenters. The van der Waals surface area contributed by atoms with Crippen LogP contribution in [0.2, 0.25) is 12.1 Å². The Labute approximate surface area is 128 Å². The van der Waals surface area contributed by atoms with Crippen LogP contribution in [-0.2, 0) is 0 Å². The number of alkyl halides is 6. The van der Waals surface area contributed by atoms with Crippen molar-refractivity contribution in [3.63, 3.8) is 0 Å². The molecule has 0 amide bonds. The van der Waals surface area contributed by atoms with E-state index in [9.17, 15) is 26.3 Å². The molecule has 0 aromatic carbocycles. The van der Waals surface area contributed by atoms with Crippen LogP contribution in [0.1, 0.15) is 51.4 Å². The molecule has 0 aromatic heterocycles. The summed E-state index contributed by atoms with van der Waals surface area (Å²) in [5, 5.41) is 0. The number of rotatable bonds is 3. The summed E-state index contributed by atoms with van der Waals surface area (Å²) < 4.78 is 77.3. The van der Waals surface area contributed by atoms with Crippen molar-refractivity contribution >= 4 is 7.28 Å². The molecule has 2 atom stereocenters. The Morgan fingerprint density at radius 1 is 0.727 bits per heavy atom. The molecule has 0 saturated heterocycles. The van der Waals surface area contributed by atoms with Crippen molar-refractivity contribution in [1.29, 1.82) is 0 Å². The number of halogens is 6. The van der Waals surface area contributed by atoms with Gasteiger partial charge in [0.2, 0.25) is 0 Å². The van der Waals surface area contributed by atoms with Gasteiger partial charge in [0, 0.05) is 0 Å². The van der Waals surface area contributed by atoms with Gasteiger partial charge in [-0.15, -0.1) is 0 Å². The van der Waals surface area contributed by atoms with E-state index >= 15 is 0 Å². The lowest BCUT2D eigenvalue weighted by molar-refractivity contribution is -0.222. The Morgan fingerprint density at radius 3 is 1.68 bits per heavy atom. The highest BCUT2D eigenvalue weighted by Gasteiger charge is 2.49. The topological polar surface area (TPSA) is 0 Å². The summed E-state index contributed by atoms with van der Waals surface area (Å²) in [5.41, 5.74) is 0. The zero-order valence-electron chi connectivity index (χ0n) is 12.5. The third kappa shape index (κ3) is 5.09. The first-order chi connectivity index (χ1) is 10.2. The van der Waals surface area contributed by atoms with Crippen LogP contribution in [-0.4, -0.2) is 19.6 Å². The highest BCUT2D eigenvalue weighted by Crippen LogP contribution is 2.49. The van der Waals surface area contributed by atoms with E-state index < -0.39 is 36.4 Å². The monoisotopic (exact) mass is 327 g/mol. The summed E-state index contributed by atoms with van der Waals surface area (Å²) in [6.45, 7) is 0. The Kier molecular flexibility index (Phi) is 5.76. The molecule has 7 heteroatoms. The fourth-order valence-electron chi connectivity index (χ4n) is 3.90. The second-order valence-electron chi connectivity index (χ2n) is 6.92. The average molecular weight is 327 g/mol. The molecule has 0 spiro atoms. The van der Waals surface area contributed by atoms with Crippen LogP contribution in [0, 0.1) is 17.8 Å². The largest absolute Gasteiger partial charge is 0.391 e. The van der Waals surface area contributed by atoms with E-state index in [0.717, 1.165) is 25.7 Å². The maximum absolute atomic E-state index is 12.9. The summed E-state index contributed by atoms with van der Waals surface area (Å²) in [6, 6.07) is 0. The molecule has 0 nitrogen and oxygen atoms in total. The predicted octanol–water partition coefficient (Wildman–Crippen LogP) is 6.02. The lowest BCUT2D eigenvalue weighted by atomic mass is 9.51. The number of hydrogen-bond acceptors (Lipinski definition) is 0. The highest BCUT2D eigenvalue weighted by atomic mass is 19.4. The van der Waals surface area contributed by atoms with Crippen molar-refractivity contribution in [3.8, 4) is 0 Å². The minimum Gasteiger partial charge on any atom is -0.332 e. The predicted molar refractivity (Wildman–Crippen MR) is 73.8 cm³/mol. The second kappa shape index (κ2) is 7.04. The average Bonchev–Trinajstić information content (AvgIpc) is 2.44. The maximum Gasteiger partial charge on any atom is 0.391 e. The van der Waals surface area contributed by atoms with Gasteiger partial charge in [0.15, 0.2) is 0 Å². The van der Waals surface area contributed by atoms with Gasteiger partial charge in [-0.05, 0) is 6.42 Å². The van der Waals surface area contributed by atoms with Gasteiger partial charge >= 0.3 is 12.4 Å². The Hall–Kier alpha value is -0.355. The fourth-order valence-corrected chi connectivity index (χ4v) is 3.90. The van der Waals surface area contributed by atoms with Gasteiger partial charge in [0.1, 0.15) is 0 Å². The molecule has 2 saturated carbocycles. The van der Waals surface area contributed by atoms with Crippen LogP contribution in [0.4, 0.5) is 26.3 Å². The molecule has 2 rings (SSSR count). The van der Waals surface area contributed by atoms with Crippen molar-refractivity contribution in [2.24, 2.45) is 17.8 Å². The first-order valence-corrected chi connectivity index (χ1v) is 8.13. The van der Waals surface area contributed by atoms with Crippen LogP contribution in [0.15, 0.2) is 0 Å². The third-order valence-corrected chi connectivity index (χ3v) is 5.20. The second-order valence-corrected chi connectivity index (χ2v) is 6.92. The summed E-state index contributed by atoms with van der Waals surface area (Å²) in [4.78, 5) is 0. The zero-order valence-corrected chi connectivity index (χ0v) is 12.5. The van der Waals surface area contributed by atoms with Crippen LogP contribution in [0.5, 0.6) is 0 Å². The molecular weight excluding hydrogens is 305 g/mol. The van der Waals surface area contributed by atoms with Crippen molar-refractivity contribution < 1.29 is 26.3 Å². The van der Waals surface area contributed by atoms with E-state index in [2.05, 4.69) is 0 Å². The Balaban J connectivity index is 1.93. The van der Waals surface area contributed by atoms with Crippen LogP contribution >= 0.6 is 0 Å². The van der Waals surface area contributed by atoms with Crippen LogP contribution < -0.4 is 0 Å². The van der Waals surface area contributed by atoms with Gasteiger partial charge < -0.3 is 7.28 Å². The molecule has 0 aromatic rings. The van der Waals surface area contributed by atoms with Crippen molar-refractivity contribution in [2.75, 3.05) is 0 Å². The first kappa shape index (κ1) is 18.0. The minimum atomic E-state index is -4.53. The van der Waals surface area contributed by atoms with Gasteiger partial charge in [-0.2, -0.15) is 26.3 Å². The smallest absolute Gasteiger partial charge is 0.332 e. The molecule has 0 bridgehead atoms. The summed E-state index contributed by atoms with van der Waals surface area (Å²) >= 11 is 0. The molecule has 0 aliphatic heterocycles. The van der Waals surface area contributed by atoms with Gasteiger partial charge in [-0.1, -0.05) is 50.9 Å². The van der Waals surface area contributed by atoms with E-state index in [1.165, 1.54) is 6.42 Å². The van der Waals surface area contributed by atoms with Gasteiger partial charge in [0.25, 0.3) is 0 Å². The molecule has 2 radical (unpaired) electrons. The standard InChI is InChI=1S/C15H22BF6/c17-14(18,19)11-6-12(15(20,21)22)8-13(7-11)16-9-10-4-2-1-3-5-10/h10-13H,1-9H2/q-1.